The number of hydrogen-bond donors (Lipinski definition) is 2. The zero-order valence-corrected chi connectivity index (χ0v) is 8.68. The van der Waals surface area contributed by atoms with E-state index in [1.54, 1.807) is 0 Å². The standard InChI is InChI=1S/C11H17NO/c1-7-5-10(9(3)12-4)6-8(2)11(7)13/h5-6,9,12-13H,1-4H3. The summed E-state index contributed by atoms with van der Waals surface area (Å²) in [4.78, 5) is 0. The molecule has 0 aliphatic rings. The molecule has 2 N–H and O–H groups in total. The molecular formula is C11H17NO. The molecule has 0 radical (unpaired) electrons. The van der Waals surface area contributed by atoms with Crippen molar-refractivity contribution < 1.29 is 5.11 Å². The maximum Gasteiger partial charge on any atom is 0.121 e. The van der Waals surface area contributed by atoms with Crippen molar-refractivity contribution in [1.82, 2.24) is 5.32 Å². The third-order valence-corrected chi connectivity index (χ3v) is 2.45. The van der Waals surface area contributed by atoms with E-state index < -0.39 is 0 Å². The number of benzene rings is 1. The van der Waals surface area contributed by atoms with Gasteiger partial charge in [0, 0.05) is 6.04 Å². The Hall–Kier alpha value is -1.02. The molecule has 72 valence electrons. The highest BCUT2D eigenvalue weighted by Crippen LogP contribution is 2.25. The Morgan fingerprint density at radius 2 is 1.69 bits per heavy atom. The van der Waals surface area contributed by atoms with E-state index >= 15 is 0 Å². The molecule has 1 atom stereocenters. The van der Waals surface area contributed by atoms with Gasteiger partial charge in [0.2, 0.25) is 0 Å². The van der Waals surface area contributed by atoms with Gasteiger partial charge in [0.25, 0.3) is 0 Å². The molecular weight excluding hydrogens is 162 g/mol. The van der Waals surface area contributed by atoms with Crippen molar-refractivity contribution >= 4 is 0 Å². The first kappa shape index (κ1) is 10.1. The Kier molecular flexibility index (Phi) is 2.94. The normalized spacial score (nSPS) is 12.9. The molecule has 0 aromatic heterocycles. The number of hydrogen-bond acceptors (Lipinski definition) is 2. The molecule has 0 saturated carbocycles. The number of nitrogens with one attached hydrogen (secondary N) is 1. The summed E-state index contributed by atoms with van der Waals surface area (Å²) in [5, 5.41) is 12.7. The summed E-state index contributed by atoms with van der Waals surface area (Å²) in [6, 6.07) is 4.37. The van der Waals surface area contributed by atoms with Crippen molar-refractivity contribution in [3.63, 3.8) is 0 Å². The second-order valence-corrected chi connectivity index (χ2v) is 3.51. The number of phenolic OH excluding ortho intramolecular Hbond substituents is 1. The molecule has 13 heavy (non-hydrogen) atoms. The smallest absolute Gasteiger partial charge is 0.121 e. The molecule has 0 amide bonds. The van der Waals surface area contributed by atoms with Crippen LogP contribution in [-0.2, 0) is 0 Å². The number of rotatable bonds is 2. The second-order valence-electron chi connectivity index (χ2n) is 3.51. The Balaban J connectivity index is 3.13. The first-order valence-electron chi connectivity index (χ1n) is 4.53. The van der Waals surface area contributed by atoms with E-state index in [0.717, 1.165) is 11.1 Å². The molecule has 0 aliphatic carbocycles. The van der Waals surface area contributed by atoms with Gasteiger partial charge < -0.3 is 10.4 Å². The van der Waals surface area contributed by atoms with Crippen LogP contribution in [0.5, 0.6) is 5.75 Å². The zero-order valence-electron chi connectivity index (χ0n) is 8.68. The molecule has 2 heteroatoms. The predicted octanol–water partition coefficient (Wildman–Crippen LogP) is 2.29. The van der Waals surface area contributed by atoms with Gasteiger partial charge in [-0.15, -0.1) is 0 Å². The summed E-state index contributed by atoms with van der Waals surface area (Å²) in [5.74, 6) is 0.409. The number of aromatic hydroxyl groups is 1. The van der Waals surface area contributed by atoms with Gasteiger partial charge in [-0.25, -0.2) is 0 Å². The van der Waals surface area contributed by atoms with Crippen LogP contribution in [0.25, 0.3) is 0 Å². The Morgan fingerprint density at radius 3 is 2.08 bits per heavy atom. The average Bonchev–Trinajstić information content (AvgIpc) is 2.12. The lowest BCUT2D eigenvalue weighted by Crippen LogP contribution is -2.12. The summed E-state index contributed by atoms with van der Waals surface area (Å²) < 4.78 is 0. The minimum Gasteiger partial charge on any atom is -0.507 e. The van der Waals surface area contributed by atoms with Gasteiger partial charge in [-0.3, -0.25) is 0 Å². The van der Waals surface area contributed by atoms with E-state index in [1.165, 1.54) is 5.56 Å². The first-order valence-corrected chi connectivity index (χ1v) is 4.53. The summed E-state index contributed by atoms with van der Waals surface area (Å²) in [7, 11) is 1.93. The van der Waals surface area contributed by atoms with E-state index in [0.29, 0.717) is 11.8 Å². The fourth-order valence-corrected chi connectivity index (χ4v) is 1.41. The monoisotopic (exact) mass is 179 g/mol. The minimum atomic E-state index is 0.331. The van der Waals surface area contributed by atoms with Crippen molar-refractivity contribution in [3.05, 3.63) is 28.8 Å². The maximum absolute atomic E-state index is 9.56. The van der Waals surface area contributed by atoms with Crippen LogP contribution in [0.4, 0.5) is 0 Å². The van der Waals surface area contributed by atoms with Crippen LogP contribution >= 0.6 is 0 Å². The second kappa shape index (κ2) is 3.79. The van der Waals surface area contributed by atoms with E-state index in [4.69, 9.17) is 0 Å². The summed E-state index contributed by atoms with van der Waals surface area (Å²) in [5.41, 5.74) is 3.10. The Bertz CT molecular complexity index is 284. The average molecular weight is 179 g/mol. The summed E-state index contributed by atoms with van der Waals surface area (Å²) in [6.07, 6.45) is 0. The van der Waals surface area contributed by atoms with E-state index in [2.05, 4.69) is 12.2 Å². The van der Waals surface area contributed by atoms with Crippen LogP contribution < -0.4 is 5.32 Å². The van der Waals surface area contributed by atoms with Gasteiger partial charge in [-0.05, 0) is 44.5 Å². The molecule has 0 heterocycles. The predicted molar refractivity (Wildman–Crippen MR) is 55.1 cm³/mol. The molecule has 0 aliphatic heterocycles. The highest BCUT2D eigenvalue weighted by Gasteiger charge is 2.07. The topological polar surface area (TPSA) is 32.3 Å². The number of phenols is 1. The molecule has 1 unspecified atom stereocenters. The third-order valence-electron chi connectivity index (χ3n) is 2.45. The Labute approximate surface area is 79.6 Å². The molecule has 1 aromatic carbocycles. The largest absolute Gasteiger partial charge is 0.507 e. The molecule has 0 fully saturated rings. The van der Waals surface area contributed by atoms with Crippen molar-refractivity contribution in [1.29, 1.82) is 0 Å². The quantitative estimate of drug-likeness (QED) is 0.730. The fraction of sp³-hybridized carbons (Fsp3) is 0.455. The SMILES string of the molecule is CNC(C)c1cc(C)c(O)c(C)c1. The minimum absolute atomic E-state index is 0.331. The summed E-state index contributed by atoms with van der Waals surface area (Å²) >= 11 is 0. The van der Waals surface area contributed by atoms with Gasteiger partial charge >= 0.3 is 0 Å². The van der Waals surface area contributed by atoms with Gasteiger partial charge in [-0.1, -0.05) is 12.1 Å². The van der Waals surface area contributed by atoms with Gasteiger partial charge in [0.15, 0.2) is 0 Å². The van der Waals surface area contributed by atoms with Crippen LogP contribution in [0.2, 0.25) is 0 Å². The van der Waals surface area contributed by atoms with Gasteiger partial charge in [-0.2, -0.15) is 0 Å². The van der Waals surface area contributed by atoms with E-state index in [1.807, 2.05) is 33.0 Å². The highest BCUT2D eigenvalue weighted by atomic mass is 16.3. The van der Waals surface area contributed by atoms with Crippen LogP contribution in [0.1, 0.15) is 29.7 Å². The first-order chi connectivity index (χ1) is 6.06. The Morgan fingerprint density at radius 1 is 1.23 bits per heavy atom. The molecule has 2 nitrogen and oxygen atoms in total. The van der Waals surface area contributed by atoms with Gasteiger partial charge in [0.1, 0.15) is 5.75 Å². The fourth-order valence-electron chi connectivity index (χ4n) is 1.41. The lowest BCUT2D eigenvalue weighted by Gasteiger charge is -2.13. The van der Waals surface area contributed by atoms with Crippen LogP contribution in [0, 0.1) is 13.8 Å². The third kappa shape index (κ3) is 2.01. The summed E-state index contributed by atoms with van der Waals surface area (Å²) in [6.45, 7) is 5.95. The van der Waals surface area contributed by atoms with Gasteiger partial charge in [0.05, 0.1) is 0 Å². The highest BCUT2D eigenvalue weighted by molar-refractivity contribution is 5.42. The van der Waals surface area contributed by atoms with Crippen LogP contribution in [0.3, 0.4) is 0 Å². The van der Waals surface area contributed by atoms with E-state index in [9.17, 15) is 5.11 Å². The maximum atomic E-state index is 9.56. The van der Waals surface area contributed by atoms with Crippen molar-refractivity contribution in [2.45, 2.75) is 26.8 Å². The van der Waals surface area contributed by atoms with Crippen LogP contribution in [0.15, 0.2) is 12.1 Å². The number of aryl methyl sites for hydroxylation is 2. The molecule has 1 rings (SSSR count). The van der Waals surface area contributed by atoms with E-state index in [-0.39, 0.29) is 0 Å². The van der Waals surface area contributed by atoms with Crippen LogP contribution in [-0.4, -0.2) is 12.2 Å². The molecule has 1 aromatic rings. The molecule has 0 spiro atoms. The lowest BCUT2D eigenvalue weighted by molar-refractivity contribution is 0.466. The van der Waals surface area contributed by atoms with Crippen molar-refractivity contribution in [2.24, 2.45) is 0 Å². The molecule has 0 bridgehead atoms. The van der Waals surface area contributed by atoms with Crippen molar-refractivity contribution in [2.75, 3.05) is 7.05 Å². The molecule has 0 saturated heterocycles. The zero-order chi connectivity index (χ0) is 10.0. The van der Waals surface area contributed by atoms with Crippen molar-refractivity contribution in [3.8, 4) is 5.75 Å². The lowest BCUT2D eigenvalue weighted by atomic mass is 10.0.